The maximum atomic E-state index is 13.1. The molecule has 32 heavy (non-hydrogen) atoms. The Kier molecular flexibility index (Phi) is 6.07. The number of aryl methyl sites for hydroxylation is 2. The van der Waals surface area contributed by atoms with Gasteiger partial charge >= 0.3 is 0 Å². The molecule has 2 aromatic heterocycles. The number of nitrogens with zero attached hydrogens (tertiary/aromatic N) is 5. The first-order valence-corrected chi connectivity index (χ1v) is 10.6. The number of nitrogens with one attached hydrogen (secondary N) is 1. The van der Waals surface area contributed by atoms with Crippen LogP contribution in [-0.2, 0) is 6.54 Å². The molecule has 0 fully saturated rings. The first-order chi connectivity index (χ1) is 15.4. The van der Waals surface area contributed by atoms with Gasteiger partial charge in [0.2, 0.25) is 0 Å². The van der Waals surface area contributed by atoms with Gasteiger partial charge < -0.3 is 5.32 Å². The van der Waals surface area contributed by atoms with Gasteiger partial charge in [0, 0.05) is 17.2 Å². The minimum absolute atomic E-state index is 0.137. The summed E-state index contributed by atoms with van der Waals surface area (Å²) in [4.78, 5) is 17.5. The van der Waals surface area contributed by atoms with Crippen molar-refractivity contribution >= 4 is 5.91 Å². The molecule has 0 saturated carbocycles. The Morgan fingerprint density at radius 3 is 2.50 bits per heavy atom. The van der Waals surface area contributed by atoms with Crippen LogP contribution >= 0.6 is 0 Å². The van der Waals surface area contributed by atoms with Crippen molar-refractivity contribution in [2.24, 2.45) is 0 Å². The Hall–Kier alpha value is -3.87. The highest BCUT2D eigenvalue weighted by Crippen LogP contribution is 2.26. The average Bonchev–Trinajstić information content (AvgIpc) is 3.28. The first-order valence-electron chi connectivity index (χ1n) is 10.6. The summed E-state index contributed by atoms with van der Waals surface area (Å²) in [7, 11) is 0. The van der Waals surface area contributed by atoms with Gasteiger partial charge in [0.25, 0.3) is 5.91 Å². The standard InChI is InChI=1S/C25H26N6O/c1-16(2)24-28-29-30-31(24)23-13-20(19-10-8-17(3)9-11-19)12-21(14-23)25(32)26-15-22-7-5-6-18(4)27-22/h5-14,16H,15H2,1-4H3,(H,26,32). The van der Waals surface area contributed by atoms with E-state index in [0.717, 1.165) is 34.0 Å². The van der Waals surface area contributed by atoms with Gasteiger partial charge in [-0.1, -0.05) is 49.7 Å². The predicted octanol–water partition coefficient (Wildman–Crippen LogP) is 4.39. The molecule has 0 aliphatic heterocycles. The van der Waals surface area contributed by atoms with E-state index in [1.165, 1.54) is 5.56 Å². The molecular formula is C25H26N6O. The fourth-order valence-electron chi connectivity index (χ4n) is 3.49. The number of hydrogen-bond donors (Lipinski definition) is 1. The number of carbonyl (C=O) groups excluding carboxylic acids is 1. The molecule has 2 aromatic carbocycles. The monoisotopic (exact) mass is 426 g/mol. The number of carbonyl (C=O) groups is 1. The molecule has 2 heterocycles. The van der Waals surface area contributed by atoms with Gasteiger partial charge in [-0.15, -0.1) is 5.10 Å². The fourth-order valence-corrected chi connectivity index (χ4v) is 3.49. The molecule has 7 heteroatoms. The molecule has 0 radical (unpaired) electrons. The maximum Gasteiger partial charge on any atom is 0.251 e. The highest BCUT2D eigenvalue weighted by molar-refractivity contribution is 5.96. The zero-order valence-electron chi connectivity index (χ0n) is 18.7. The second-order valence-corrected chi connectivity index (χ2v) is 8.19. The summed E-state index contributed by atoms with van der Waals surface area (Å²) in [5, 5.41) is 15.2. The number of tetrazole rings is 1. The normalized spacial score (nSPS) is 11.0. The van der Waals surface area contributed by atoms with E-state index in [1.807, 2.05) is 57.2 Å². The smallest absolute Gasteiger partial charge is 0.251 e. The Balaban J connectivity index is 1.72. The highest BCUT2D eigenvalue weighted by atomic mass is 16.1. The molecule has 0 spiro atoms. The van der Waals surface area contributed by atoms with Crippen molar-refractivity contribution in [1.29, 1.82) is 0 Å². The molecule has 0 atom stereocenters. The molecular weight excluding hydrogens is 400 g/mol. The van der Waals surface area contributed by atoms with E-state index >= 15 is 0 Å². The minimum atomic E-state index is -0.178. The molecule has 4 aromatic rings. The number of rotatable bonds is 6. The van der Waals surface area contributed by atoms with E-state index < -0.39 is 0 Å². The third-order valence-electron chi connectivity index (χ3n) is 5.20. The Bertz CT molecular complexity index is 1240. The Labute approximate surface area is 187 Å². The van der Waals surface area contributed by atoms with Crippen LogP contribution in [0.5, 0.6) is 0 Å². The second kappa shape index (κ2) is 9.09. The van der Waals surface area contributed by atoms with Crippen molar-refractivity contribution in [3.63, 3.8) is 0 Å². The van der Waals surface area contributed by atoms with Crippen LogP contribution in [0.25, 0.3) is 16.8 Å². The summed E-state index contributed by atoms with van der Waals surface area (Å²) < 4.78 is 1.70. The molecule has 0 aliphatic carbocycles. The quantitative estimate of drug-likeness (QED) is 0.494. The van der Waals surface area contributed by atoms with Gasteiger partial charge in [0.15, 0.2) is 5.82 Å². The van der Waals surface area contributed by atoms with Crippen molar-refractivity contribution < 1.29 is 4.79 Å². The topological polar surface area (TPSA) is 85.6 Å². The lowest BCUT2D eigenvalue weighted by atomic mass is 10.0. The summed E-state index contributed by atoms with van der Waals surface area (Å²) in [5.41, 5.74) is 6.14. The van der Waals surface area contributed by atoms with Gasteiger partial charge in [0.05, 0.1) is 17.9 Å². The van der Waals surface area contributed by atoms with Crippen LogP contribution in [0.3, 0.4) is 0 Å². The van der Waals surface area contributed by atoms with Crippen LogP contribution in [0, 0.1) is 13.8 Å². The third kappa shape index (κ3) is 4.72. The molecule has 0 unspecified atom stereocenters. The SMILES string of the molecule is Cc1ccc(-c2cc(C(=O)NCc3cccc(C)n3)cc(-n3nnnc3C(C)C)c2)cc1. The van der Waals surface area contributed by atoms with E-state index in [4.69, 9.17) is 0 Å². The minimum Gasteiger partial charge on any atom is -0.346 e. The highest BCUT2D eigenvalue weighted by Gasteiger charge is 2.16. The van der Waals surface area contributed by atoms with Gasteiger partial charge in [-0.2, -0.15) is 4.68 Å². The summed E-state index contributed by atoms with van der Waals surface area (Å²) >= 11 is 0. The Morgan fingerprint density at radius 1 is 1.00 bits per heavy atom. The maximum absolute atomic E-state index is 13.1. The summed E-state index contributed by atoms with van der Waals surface area (Å²) in [6.07, 6.45) is 0. The third-order valence-corrected chi connectivity index (χ3v) is 5.20. The molecule has 0 bridgehead atoms. The van der Waals surface area contributed by atoms with Crippen LogP contribution in [-0.4, -0.2) is 31.1 Å². The summed E-state index contributed by atoms with van der Waals surface area (Å²) in [6.45, 7) is 8.41. The van der Waals surface area contributed by atoms with Crippen LogP contribution in [0.4, 0.5) is 0 Å². The van der Waals surface area contributed by atoms with Crippen molar-refractivity contribution in [3.05, 3.63) is 89.0 Å². The van der Waals surface area contributed by atoms with Gasteiger partial charge in [0.1, 0.15) is 0 Å². The average molecular weight is 427 g/mol. The lowest BCUT2D eigenvalue weighted by molar-refractivity contribution is 0.0950. The second-order valence-electron chi connectivity index (χ2n) is 8.19. The molecule has 7 nitrogen and oxygen atoms in total. The van der Waals surface area contributed by atoms with Gasteiger partial charge in [-0.3, -0.25) is 9.78 Å². The van der Waals surface area contributed by atoms with E-state index in [1.54, 1.807) is 4.68 Å². The molecule has 0 aliphatic rings. The largest absolute Gasteiger partial charge is 0.346 e. The van der Waals surface area contributed by atoms with Gasteiger partial charge in [-0.25, -0.2) is 0 Å². The van der Waals surface area contributed by atoms with Crippen molar-refractivity contribution in [1.82, 2.24) is 30.5 Å². The lowest BCUT2D eigenvalue weighted by Gasteiger charge is -2.13. The van der Waals surface area contributed by atoms with Crippen molar-refractivity contribution in [3.8, 4) is 16.8 Å². The Morgan fingerprint density at radius 2 is 1.78 bits per heavy atom. The van der Waals surface area contributed by atoms with E-state index in [0.29, 0.717) is 12.1 Å². The lowest BCUT2D eigenvalue weighted by Crippen LogP contribution is -2.23. The van der Waals surface area contributed by atoms with Crippen molar-refractivity contribution in [2.45, 2.75) is 40.2 Å². The zero-order chi connectivity index (χ0) is 22.7. The number of pyridine rings is 1. The number of benzene rings is 2. The molecule has 0 saturated heterocycles. The number of hydrogen-bond acceptors (Lipinski definition) is 5. The fraction of sp³-hybridized carbons (Fsp3) is 0.240. The zero-order valence-corrected chi connectivity index (χ0v) is 18.7. The number of aromatic nitrogens is 5. The van der Waals surface area contributed by atoms with Gasteiger partial charge in [-0.05, 0) is 65.7 Å². The number of amides is 1. The first kappa shape index (κ1) is 21.4. The van der Waals surface area contributed by atoms with Crippen molar-refractivity contribution in [2.75, 3.05) is 0 Å². The summed E-state index contributed by atoms with van der Waals surface area (Å²) in [5.74, 6) is 0.696. The van der Waals surface area contributed by atoms with E-state index in [-0.39, 0.29) is 11.8 Å². The molecule has 4 rings (SSSR count). The van der Waals surface area contributed by atoms with E-state index in [9.17, 15) is 4.79 Å². The summed E-state index contributed by atoms with van der Waals surface area (Å²) in [6, 6.07) is 19.7. The van der Waals surface area contributed by atoms with E-state index in [2.05, 4.69) is 57.0 Å². The van der Waals surface area contributed by atoms with Crippen LogP contribution in [0.2, 0.25) is 0 Å². The predicted molar refractivity (Wildman–Crippen MR) is 124 cm³/mol. The van der Waals surface area contributed by atoms with Crippen LogP contribution in [0.1, 0.15) is 52.9 Å². The molecule has 1 amide bonds. The van der Waals surface area contributed by atoms with Crippen LogP contribution < -0.4 is 5.32 Å². The van der Waals surface area contributed by atoms with Crippen LogP contribution in [0.15, 0.2) is 60.7 Å². The molecule has 1 N–H and O–H groups in total. The molecule has 162 valence electrons.